The molecule has 0 spiro atoms. The molecule has 1 heterocycles. The van der Waals surface area contributed by atoms with E-state index in [0.717, 1.165) is 11.3 Å². The minimum absolute atomic E-state index is 0.119. The number of nitrogens with zero attached hydrogens (tertiary/aromatic N) is 1. The van der Waals surface area contributed by atoms with Crippen molar-refractivity contribution in [2.45, 2.75) is 33.4 Å². The first-order valence-electron chi connectivity index (χ1n) is 6.45. The van der Waals surface area contributed by atoms with Crippen molar-refractivity contribution >= 4 is 0 Å². The van der Waals surface area contributed by atoms with E-state index in [0.29, 0.717) is 18.4 Å². The van der Waals surface area contributed by atoms with Crippen molar-refractivity contribution in [2.75, 3.05) is 0 Å². The summed E-state index contributed by atoms with van der Waals surface area (Å²) in [4.78, 5) is 18.9. The molecule has 0 amide bonds. The summed E-state index contributed by atoms with van der Waals surface area (Å²) in [6, 6.07) is 9.85. The Bertz CT molecular complexity index is 600. The Morgan fingerprint density at radius 2 is 1.95 bits per heavy atom. The number of hydrogen-bond donors (Lipinski definition) is 2. The monoisotopic (exact) mass is 257 g/mol. The van der Waals surface area contributed by atoms with E-state index in [1.165, 1.54) is 11.6 Å². The first-order chi connectivity index (χ1) is 9.04. The number of benzene rings is 1. The normalized spacial score (nSPS) is 10.9. The molecule has 0 aliphatic carbocycles. The molecule has 0 aliphatic heterocycles. The molecular weight excluding hydrogens is 238 g/mol. The van der Waals surface area contributed by atoms with Crippen LogP contribution in [0.15, 0.2) is 35.1 Å². The quantitative estimate of drug-likeness (QED) is 0.883. The highest BCUT2D eigenvalue weighted by Gasteiger charge is 2.04. The maximum atomic E-state index is 11.7. The second kappa shape index (κ2) is 5.80. The fourth-order valence-corrected chi connectivity index (χ4v) is 1.76. The summed E-state index contributed by atoms with van der Waals surface area (Å²) in [5.41, 5.74) is 2.75. The second-order valence-corrected chi connectivity index (χ2v) is 4.99. The van der Waals surface area contributed by atoms with Crippen LogP contribution in [-0.4, -0.2) is 16.0 Å². The van der Waals surface area contributed by atoms with Gasteiger partial charge in [-0.3, -0.25) is 4.79 Å². The second-order valence-electron chi connectivity index (χ2n) is 4.99. The van der Waals surface area contributed by atoms with E-state index >= 15 is 0 Å². The van der Waals surface area contributed by atoms with Gasteiger partial charge in [-0.15, -0.1) is 0 Å². The topological polar surface area (TPSA) is 57.8 Å². The summed E-state index contributed by atoms with van der Waals surface area (Å²) >= 11 is 0. The van der Waals surface area contributed by atoms with E-state index in [-0.39, 0.29) is 5.56 Å². The Morgan fingerprint density at radius 3 is 2.58 bits per heavy atom. The fraction of sp³-hybridized carbons (Fsp3) is 0.333. The SMILES string of the molecule is Cc1ccc(-c2nc(CNC(C)C)cc(=O)[nH]2)cc1. The van der Waals surface area contributed by atoms with Crippen LogP contribution in [0.4, 0.5) is 0 Å². The number of rotatable bonds is 4. The summed E-state index contributed by atoms with van der Waals surface area (Å²) in [7, 11) is 0. The third-order valence-electron chi connectivity index (χ3n) is 2.81. The summed E-state index contributed by atoms with van der Waals surface area (Å²) in [6.45, 7) is 6.76. The van der Waals surface area contributed by atoms with Crippen molar-refractivity contribution in [3.8, 4) is 11.4 Å². The van der Waals surface area contributed by atoms with Crippen LogP contribution in [0.1, 0.15) is 25.1 Å². The van der Waals surface area contributed by atoms with Crippen LogP contribution in [0, 0.1) is 6.92 Å². The van der Waals surface area contributed by atoms with Crippen LogP contribution < -0.4 is 10.9 Å². The highest BCUT2D eigenvalue weighted by atomic mass is 16.1. The molecule has 1 aromatic heterocycles. The zero-order valence-electron chi connectivity index (χ0n) is 11.5. The predicted octanol–water partition coefficient (Wildman–Crippen LogP) is 2.24. The van der Waals surface area contributed by atoms with E-state index in [1.807, 2.05) is 31.2 Å². The smallest absolute Gasteiger partial charge is 0.251 e. The van der Waals surface area contributed by atoms with Gasteiger partial charge in [0.2, 0.25) is 0 Å². The summed E-state index contributed by atoms with van der Waals surface area (Å²) in [6.07, 6.45) is 0. The van der Waals surface area contributed by atoms with Crippen LogP contribution >= 0.6 is 0 Å². The highest BCUT2D eigenvalue weighted by Crippen LogP contribution is 2.14. The summed E-state index contributed by atoms with van der Waals surface area (Å²) in [5.74, 6) is 0.619. The lowest BCUT2D eigenvalue weighted by Gasteiger charge is -2.08. The minimum atomic E-state index is -0.119. The van der Waals surface area contributed by atoms with Gasteiger partial charge in [0.15, 0.2) is 0 Å². The molecule has 4 nitrogen and oxygen atoms in total. The van der Waals surface area contributed by atoms with Gasteiger partial charge in [0.1, 0.15) is 5.82 Å². The molecule has 19 heavy (non-hydrogen) atoms. The Morgan fingerprint density at radius 1 is 1.26 bits per heavy atom. The predicted molar refractivity (Wildman–Crippen MR) is 77.0 cm³/mol. The summed E-state index contributed by atoms with van der Waals surface area (Å²) < 4.78 is 0. The van der Waals surface area contributed by atoms with Crippen LogP contribution in [0.5, 0.6) is 0 Å². The first-order valence-corrected chi connectivity index (χ1v) is 6.45. The highest BCUT2D eigenvalue weighted by molar-refractivity contribution is 5.55. The van der Waals surface area contributed by atoms with Crippen LogP contribution in [-0.2, 0) is 6.54 Å². The molecule has 0 saturated heterocycles. The van der Waals surface area contributed by atoms with Gasteiger partial charge < -0.3 is 10.3 Å². The Balaban J connectivity index is 2.30. The van der Waals surface area contributed by atoms with Crippen LogP contribution in [0.25, 0.3) is 11.4 Å². The van der Waals surface area contributed by atoms with E-state index < -0.39 is 0 Å². The number of H-pyrrole nitrogens is 1. The lowest BCUT2D eigenvalue weighted by molar-refractivity contribution is 0.580. The Hall–Kier alpha value is -1.94. The molecule has 0 atom stereocenters. The third-order valence-corrected chi connectivity index (χ3v) is 2.81. The average Bonchev–Trinajstić information content (AvgIpc) is 2.36. The van der Waals surface area contributed by atoms with Crippen molar-refractivity contribution in [3.63, 3.8) is 0 Å². The van der Waals surface area contributed by atoms with Crippen molar-refractivity contribution in [3.05, 3.63) is 51.9 Å². The number of hydrogen-bond acceptors (Lipinski definition) is 3. The van der Waals surface area contributed by atoms with Crippen molar-refractivity contribution < 1.29 is 0 Å². The molecule has 4 heteroatoms. The van der Waals surface area contributed by atoms with Crippen molar-refractivity contribution in [1.29, 1.82) is 0 Å². The van der Waals surface area contributed by atoms with Gasteiger partial charge in [-0.05, 0) is 6.92 Å². The molecule has 100 valence electrons. The summed E-state index contributed by atoms with van der Waals surface area (Å²) in [5, 5.41) is 3.26. The molecule has 0 saturated carbocycles. The maximum Gasteiger partial charge on any atom is 0.251 e. The number of aromatic nitrogens is 2. The largest absolute Gasteiger partial charge is 0.309 e. The third kappa shape index (κ3) is 3.76. The standard InChI is InChI=1S/C15H19N3O/c1-10(2)16-9-13-8-14(19)18-15(17-13)12-6-4-11(3)5-7-12/h4-8,10,16H,9H2,1-3H3,(H,17,18,19). The lowest BCUT2D eigenvalue weighted by atomic mass is 10.1. The minimum Gasteiger partial charge on any atom is -0.309 e. The molecule has 0 radical (unpaired) electrons. The van der Waals surface area contributed by atoms with Crippen LogP contribution in [0.3, 0.4) is 0 Å². The zero-order valence-corrected chi connectivity index (χ0v) is 11.5. The molecular formula is C15H19N3O. The molecule has 1 aromatic carbocycles. The first kappa shape index (κ1) is 13.5. The van der Waals surface area contributed by atoms with E-state index in [2.05, 4.69) is 29.1 Å². The maximum absolute atomic E-state index is 11.7. The van der Waals surface area contributed by atoms with Gasteiger partial charge in [0.05, 0.1) is 5.69 Å². The van der Waals surface area contributed by atoms with Gasteiger partial charge in [0.25, 0.3) is 5.56 Å². The Kier molecular flexibility index (Phi) is 4.12. The molecule has 0 fully saturated rings. The molecule has 2 aromatic rings. The molecule has 0 aliphatic rings. The van der Waals surface area contributed by atoms with Gasteiger partial charge in [0, 0.05) is 24.2 Å². The van der Waals surface area contributed by atoms with E-state index in [4.69, 9.17) is 0 Å². The fourth-order valence-electron chi connectivity index (χ4n) is 1.76. The average molecular weight is 257 g/mol. The Labute approximate surface area is 112 Å². The van der Waals surface area contributed by atoms with E-state index in [1.54, 1.807) is 0 Å². The molecule has 0 bridgehead atoms. The van der Waals surface area contributed by atoms with Crippen LogP contribution in [0.2, 0.25) is 0 Å². The van der Waals surface area contributed by atoms with Gasteiger partial charge in [-0.1, -0.05) is 43.7 Å². The number of aryl methyl sites for hydroxylation is 1. The van der Waals surface area contributed by atoms with Crippen molar-refractivity contribution in [2.24, 2.45) is 0 Å². The van der Waals surface area contributed by atoms with Gasteiger partial charge in [-0.25, -0.2) is 4.98 Å². The molecule has 0 unspecified atom stereocenters. The molecule has 2 N–H and O–H groups in total. The number of aromatic amines is 1. The zero-order chi connectivity index (χ0) is 13.8. The van der Waals surface area contributed by atoms with Gasteiger partial charge in [-0.2, -0.15) is 0 Å². The van der Waals surface area contributed by atoms with E-state index in [9.17, 15) is 4.79 Å². The van der Waals surface area contributed by atoms with Crippen molar-refractivity contribution in [1.82, 2.24) is 15.3 Å². The molecule has 2 rings (SSSR count). The lowest BCUT2D eigenvalue weighted by Crippen LogP contribution is -2.24. The van der Waals surface area contributed by atoms with Gasteiger partial charge >= 0.3 is 0 Å². The number of nitrogens with one attached hydrogen (secondary N) is 2.